The van der Waals surface area contributed by atoms with Crippen molar-refractivity contribution in [2.24, 2.45) is 4.40 Å². The van der Waals surface area contributed by atoms with E-state index >= 15 is 0 Å². The number of morpholine rings is 1. The fourth-order valence-corrected chi connectivity index (χ4v) is 7.63. The first kappa shape index (κ1) is 29.2. The molecule has 218 valence electrons. The third-order valence-corrected chi connectivity index (χ3v) is 10.4. The van der Waals surface area contributed by atoms with Gasteiger partial charge in [0.1, 0.15) is 17.8 Å². The molecule has 2 aliphatic heterocycles. The molecule has 0 amide bonds. The van der Waals surface area contributed by atoms with Gasteiger partial charge in [0.05, 0.1) is 36.7 Å². The molecule has 0 saturated carbocycles. The first-order valence-corrected chi connectivity index (χ1v) is 16.3. The maximum Gasteiger partial charge on any atom is 0.283 e. The zero-order chi connectivity index (χ0) is 29.0. The van der Waals surface area contributed by atoms with Crippen molar-refractivity contribution in [1.29, 1.82) is 0 Å². The predicted octanol–water partition coefficient (Wildman–Crippen LogP) is 3.13. The molecule has 5 rings (SSSR count). The zero-order valence-electron chi connectivity index (χ0n) is 23.1. The Bertz CT molecular complexity index is 1570. The van der Waals surface area contributed by atoms with Gasteiger partial charge >= 0.3 is 0 Å². The average molecular weight is 599 g/mol. The molecule has 0 bridgehead atoms. The first-order chi connectivity index (χ1) is 19.7. The lowest BCUT2D eigenvalue weighted by Crippen LogP contribution is -2.46. The number of sulfonamides is 2. The Kier molecular flexibility index (Phi) is 8.76. The van der Waals surface area contributed by atoms with E-state index in [1.165, 1.54) is 16.4 Å². The molecule has 2 aliphatic rings. The van der Waals surface area contributed by atoms with Crippen LogP contribution in [-0.2, 0) is 24.8 Å². The van der Waals surface area contributed by atoms with Crippen LogP contribution in [-0.4, -0.2) is 89.8 Å². The third-order valence-electron chi connectivity index (χ3n) is 7.24. The summed E-state index contributed by atoms with van der Waals surface area (Å²) in [4.78, 5) is 4.12. The maximum atomic E-state index is 13.9. The number of benzene rings is 3. The molecule has 3 aromatic rings. The third kappa shape index (κ3) is 6.47. The Labute approximate surface area is 241 Å². The molecule has 0 radical (unpaired) electrons. The summed E-state index contributed by atoms with van der Waals surface area (Å²) in [7, 11) is -6.45. The van der Waals surface area contributed by atoms with Crippen LogP contribution in [0.1, 0.15) is 17.3 Å². The molecular weight excluding hydrogens is 564 g/mol. The van der Waals surface area contributed by atoms with Crippen LogP contribution >= 0.6 is 0 Å². The predicted molar refractivity (Wildman–Crippen MR) is 156 cm³/mol. The molecule has 12 heteroatoms. The number of amidine groups is 1. The van der Waals surface area contributed by atoms with E-state index in [0.29, 0.717) is 37.6 Å². The molecule has 0 N–H and O–H groups in total. The lowest BCUT2D eigenvalue weighted by atomic mass is 10.1. The number of aryl methyl sites for hydroxylation is 1. The quantitative estimate of drug-likeness (QED) is 0.288. The topological polar surface area (TPSA) is 109 Å². The highest BCUT2D eigenvalue weighted by Gasteiger charge is 2.43. The van der Waals surface area contributed by atoms with Gasteiger partial charge in [-0.25, -0.2) is 8.42 Å². The lowest BCUT2D eigenvalue weighted by Gasteiger charge is -2.35. The lowest BCUT2D eigenvalue weighted by molar-refractivity contribution is 0.0438. The van der Waals surface area contributed by atoms with Crippen LogP contribution in [0.2, 0.25) is 0 Å². The van der Waals surface area contributed by atoms with Crippen molar-refractivity contribution in [3.8, 4) is 5.75 Å². The van der Waals surface area contributed by atoms with Gasteiger partial charge in [-0.2, -0.15) is 12.7 Å². The molecule has 0 aromatic heterocycles. The molecule has 1 atom stereocenters. The van der Waals surface area contributed by atoms with Gasteiger partial charge in [-0.15, -0.1) is 4.40 Å². The standard InChI is InChI=1S/C29H34N4O6S2/c1-23-8-14-26(15-9-23)40(34,35)30-28(22-31-18-20-39-21-19-31)32-16-17-33(41(36,37)27-6-4-3-5-7-27)29(32)24-10-12-25(38-2)13-11-24/h3-15,29H,16-22H2,1-2H3. The van der Waals surface area contributed by atoms with Crippen LogP contribution in [0.25, 0.3) is 0 Å². The highest BCUT2D eigenvalue weighted by molar-refractivity contribution is 7.90. The second-order valence-electron chi connectivity index (χ2n) is 9.95. The summed E-state index contributed by atoms with van der Waals surface area (Å²) in [5.74, 6) is 0.902. The van der Waals surface area contributed by atoms with Gasteiger partial charge in [0.2, 0.25) is 10.0 Å². The van der Waals surface area contributed by atoms with Crippen molar-refractivity contribution in [3.05, 3.63) is 90.0 Å². The highest BCUT2D eigenvalue weighted by atomic mass is 32.2. The SMILES string of the molecule is COc1ccc(C2N(C(CN3CCOCC3)=NS(=O)(=O)c3ccc(C)cc3)CCN2S(=O)(=O)c2ccccc2)cc1. The summed E-state index contributed by atoms with van der Waals surface area (Å²) < 4.78 is 71.6. The van der Waals surface area contributed by atoms with E-state index in [2.05, 4.69) is 9.30 Å². The molecular formula is C29H34N4O6S2. The van der Waals surface area contributed by atoms with Crippen LogP contribution in [0.15, 0.2) is 93.1 Å². The molecule has 0 spiro atoms. The second-order valence-corrected chi connectivity index (χ2v) is 13.4. The zero-order valence-corrected chi connectivity index (χ0v) is 24.7. The average Bonchev–Trinajstić information content (AvgIpc) is 3.44. The maximum absolute atomic E-state index is 13.9. The fraction of sp³-hybridized carbons (Fsp3) is 0.345. The van der Waals surface area contributed by atoms with Gasteiger partial charge in [0.15, 0.2) is 0 Å². The van der Waals surface area contributed by atoms with E-state index < -0.39 is 26.2 Å². The van der Waals surface area contributed by atoms with Crippen LogP contribution in [0.5, 0.6) is 5.75 Å². The fourth-order valence-electron chi connectivity index (χ4n) is 5.01. The van der Waals surface area contributed by atoms with Gasteiger partial charge in [-0.1, -0.05) is 48.0 Å². The van der Waals surface area contributed by atoms with Gasteiger partial charge in [-0.05, 0) is 48.9 Å². The number of hydrogen-bond donors (Lipinski definition) is 0. The van der Waals surface area contributed by atoms with E-state index in [1.54, 1.807) is 78.7 Å². The molecule has 3 aromatic carbocycles. The van der Waals surface area contributed by atoms with Gasteiger partial charge in [0, 0.05) is 26.2 Å². The molecule has 2 fully saturated rings. The van der Waals surface area contributed by atoms with E-state index in [-0.39, 0.29) is 35.3 Å². The van der Waals surface area contributed by atoms with Gasteiger partial charge < -0.3 is 14.4 Å². The summed E-state index contributed by atoms with van der Waals surface area (Å²) in [6, 6.07) is 21.9. The van der Waals surface area contributed by atoms with Crippen LogP contribution in [0.4, 0.5) is 0 Å². The van der Waals surface area contributed by atoms with E-state index in [0.717, 1.165) is 5.56 Å². The number of hydrogen-bond acceptors (Lipinski definition) is 7. The summed E-state index contributed by atoms with van der Waals surface area (Å²) in [6.45, 7) is 4.78. The number of methoxy groups -OCH3 is 1. The Balaban J connectivity index is 1.61. The van der Waals surface area contributed by atoms with Crippen molar-refractivity contribution < 1.29 is 26.3 Å². The van der Waals surface area contributed by atoms with Crippen molar-refractivity contribution in [2.45, 2.75) is 22.9 Å². The largest absolute Gasteiger partial charge is 0.497 e. The smallest absolute Gasteiger partial charge is 0.283 e. The summed E-state index contributed by atoms with van der Waals surface area (Å²) >= 11 is 0. The summed E-state index contributed by atoms with van der Waals surface area (Å²) in [5, 5.41) is 0. The number of ether oxygens (including phenoxy) is 2. The molecule has 10 nitrogen and oxygen atoms in total. The van der Waals surface area contributed by atoms with Crippen molar-refractivity contribution in [2.75, 3.05) is 53.0 Å². The monoisotopic (exact) mass is 598 g/mol. The normalized spacial score (nSPS) is 19.4. The van der Waals surface area contributed by atoms with Crippen molar-refractivity contribution in [3.63, 3.8) is 0 Å². The van der Waals surface area contributed by atoms with Gasteiger partial charge in [0.25, 0.3) is 10.0 Å². The minimum absolute atomic E-state index is 0.0801. The molecule has 2 heterocycles. The molecule has 41 heavy (non-hydrogen) atoms. The van der Waals surface area contributed by atoms with Gasteiger partial charge in [-0.3, -0.25) is 4.90 Å². The first-order valence-electron chi connectivity index (χ1n) is 13.4. The molecule has 2 saturated heterocycles. The molecule has 0 aliphatic carbocycles. The van der Waals surface area contributed by atoms with E-state index in [4.69, 9.17) is 9.47 Å². The minimum atomic E-state index is -4.09. The highest BCUT2D eigenvalue weighted by Crippen LogP contribution is 2.36. The van der Waals surface area contributed by atoms with Crippen molar-refractivity contribution in [1.82, 2.24) is 14.1 Å². The Morgan fingerprint density at radius 2 is 1.51 bits per heavy atom. The number of nitrogens with zero attached hydrogens (tertiary/aromatic N) is 4. The summed E-state index contributed by atoms with van der Waals surface area (Å²) in [5.41, 5.74) is 1.60. The second kappa shape index (κ2) is 12.3. The Morgan fingerprint density at radius 1 is 0.854 bits per heavy atom. The Morgan fingerprint density at radius 3 is 2.15 bits per heavy atom. The Hall–Kier alpha value is -3.29. The van der Waals surface area contributed by atoms with E-state index in [1.807, 2.05) is 6.92 Å². The van der Waals surface area contributed by atoms with E-state index in [9.17, 15) is 16.8 Å². The number of rotatable bonds is 8. The van der Waals surface area contributed by atoms with Crippen molar-refractivity contribution >= 4 is 25.9 Å². The van der Waals surface area contributed by atoms with Crippen LogP contribution in [0.3, 0.4) is 0 Å². The molecule has 1 unspecified atom stereocenters. The minimum Gasteiger partial charge on any atom is -0.497 e. The van der Waals surface area contributed by atoms with Crippen LogP contribution in [0, 0.1) is 6.92 Å². The summed E-state index contributed by atoms with van der Waals surface area (Å²) in [6.07, 6.45) is -0.820. The van der Waals surface area contributed by atoms with Crippen LogP contribution < -0.4 is 4.74 Å².